The summed E-state index contributed by atoms with van der Waals surface area (Å²) in [4.78, 5) is 28.4. The second-order valence-corrected chi connectivity index (χ2v) is 7.51. The van der Waals surface area contributed by atoms with E-state index in [0.29, 0.717) is 28.3 Å². The van der Waals surface area contributed by atoms with E-state index in [0.717, 1.165) is 25.0 Å². The lowest BCUT2D eigenvalue weighted by atomic mass is 10.2. The lowest BCUT2D eigenvalue weighted by Crippen LogP contribution is -2.25. The van der Waals surface area contributed by atoms with Gasteiger partial charge in [-0.25, -0.2) is 4.98 Å². The van der Waals surface area contributed by atoms with Gasteiger partial charge in [0.05, 0.1) is 10.8 Å². The van der Waals surface area contributed by atoms with Gasteiger partial charge in [0.2, 0.25) is 11.8 Å². The molecule has 0 radical (unpaired) electrons. The normalized spacial score (nSPS) is 11.5. The highest BCUT2D eigenvalue weighted by Crippen LogP contribution is 2.28. The molecule has 1 aromatic carbocycles. The number of hydrogen-bond donors (Lipinski definition) is 2. The minimum absolute atomic E-state index is 0.177. The zero-order valence-electron chi connectivity index (χ0n) is 16.1. The van der Waals surface area contributed by atoms with Crippen LogP contribution in [0.4, 0.5) is 5.69 Å². The number of thioether (sulfide) groups is 1. The summed E-state index contributed by atoms with van der Waals surface area (Å²) in [5.41, 5.74) is 7.60. The van der Waals surface area contributed by atoms with Crippen molar-refractivity contribution >= 4 is 29.3 Å². The molecule has 28 heavy (non-hydrogen) atoms. The van der Waals surface area contributed by atoms with Crippen LogP contribution in [0.5, 0.6) is 0 Å². The third-order valence-corrected chi connectivity index (χ3v) is 5.55. The number of nitrogens with two attached hydrogens (primary N) is 1. The summed E-state index contributed by atoms with van der Waals surface area (Å²) in [6.07, 6.45) is 3.53. The molecule has 1 atom stereocenters. The van der Waals surface area contributed by atoms with Crippen molar-refractivity contribution in [3.63, 3.8) is 0 Å². The van der Waals surface area contributed by atoms with Crippen LogP contribution in [0.3, 0.4) is 0 Å². The van der Waals surface area contributed by atoms with Gasteiger partial charge in [-0.3, -0.25) is 9.59 Å². The Morgan fingerprint density at radius 3 is 2.50 bits per heavy atom. The molecule has 146 valence electrons. The number of amides is 2. The SMILES string of the molecule is CCCCc1ccc(C#N)c(SC(CC)C(=O)Nc2ccc(C(N)=O)cc2)n1. The van der Waals surface area contributed by atoms with Crippen molar-refractivity contribution in [2.45, 2.75) is 49.8 Å². The minimum Gasteiger partial charge on any atom is -0.366 e. The summed E-state index contributed by atoms with van der Waals surface area (Å²) < 4.78 is 0. The molecule has 0 fully saturated rings. The maximum atomic E-state index is 12.7. The van der Waals surface area contributed by atoms with Crippen molar-refractivity contribution < 1.29 is 9.59 Å². The quantitative estimate of drug-likeness (QED) is 0.625. The number of aryl methyl sites for hydroxylation is 1. The molecule has 2 amide bonds. The van der Waals surface area contributed by atoms with Crippen LogP contribution in [0.15, 0.2) is 41.4 Å². The Kier molecular flexibility index (Phi) is 8.02. The molecule has 0 aliphatic heterocycles. The second kappa shape index (κ2) is 10.5. The van der Waals surface area contributed by atoms with Gasteiger partial charge in [-0.15, -0.1) is 0 Å². The highest BCUT2D eigenvalue weighted by atomic mass is 32.2. The molecular formula is C21H24N4O2S. The molecule has 0 aliphatic carbocycles. The molecule has 2 rings (SSSR count). The number of hydrogen-bond acceptors (Lipinski definition) is 5. The van der Waals surface area contributed by atoms with E-state index >= 15 is 0 Å². The van der Waals surface area contributed by atoms with Crippen molar-refractivity contribution in [1.29, 1.82) is 5.26 Å². The number of unbranched alkanes of at least 4 members (excludes halogenated alkanes) is 1. The van der Waals surface area contributed by atoms with E-state index in [2.05, 4.69) is 23.3 Å². The maximum Gasteiger partial charge on any atom is 0.248 e. The molecule has 1 aromatic heterocycles. The standard InChI is InChI=1S/C21H24N4O2S/c1-3-5-6-16-12-9-15(13-22)21(25-16)28-18(4-2)20(27)24-17-10-7-14(8-11-17)19(23)26/h7-12,18H,3-6H2,1-2H3,(H2,23,26)(H,24,27). The first-order valence-corrected chi connectivity index (χ1v) is 10.1. The van der Waals surface area contributed by atoms with Crippen LogP contribution in [0.1, 0.15) is 54.7 Å². The van der Waals surface area contributed by atoms with Gasteiger partial charge in [-0.2, -0.15) is 5.26 Å². The van der Waals surface area contributed by atoms with Crippen LogP contribution >= 0.6 is 11.8 Å². The van der Waals surface area contributed by atoms with Crippen LogP contribution in [0, 0.1) is 11.3 Å². The molecule has 2 aromatic rings. The fraction of sp³-hybridized carbons (Fsp3) is 0.333. The first-order chi connectivity index (χ1) is 13.5. The number of nitrogens with one attached hydrogen (secondary N) is 1. The number of primary amides is 1. The first kappa shape index (κ1) is 21.5. The number of rotatable bonds is 9. The largest absolute Gasteiger partial charge is 0.366 e. The Balaban J connectivity index is 2.13. The van der Waals surface area contributed by atoms with Crippen LogP contribution < -0.4 is 11.1 Å². The molecule has 1 heterocycles. The molecule has 0 bridgehead atoms. The summed E-state index contributed by atoms with van der Waals surface area (Å²) in [5.74, 6) is -0.693. The number of pyridine rings is 1. The Morgan fingerprint density at radius 2 is 1.93 bits per heavy atom. The zero-order valence-corrected chi connectivity index (χ0v) is 16.9. The first-order valence-electron chi connectivity index (χ1n) is 9.25. The lowest BCUT2D eigenvalue weighted by molar-refractivity contribution is -0.115. The van der Waals surface area contributed by atoms with Crippen molar-refractivity contribution in [3.05, 3.63) is 53.2 Å². The molecule has 0 saturated carbocycles. The van der Waals surface area contributed by atoms with Crippen molar-refractivity contribution in [1.82, 2.24) is 4.98 Å². The van der Waals surface area contributed by atoms with Gasteiger partial charge in [-0.05, 0) is 55.7 Å². The van der Waals surface area contributed by atoms with Crippen LogP contribution in [0.25, 0.3) is 0 Å². The monoisotopic (exact) mass is 396 g/mol. The number of benzene rings is 1. The molecule has 3 N–H and O–H groups in total. The van der Waals surface area contributed by atoms with Crippen molar-refractivity contribution in [2.75, 3.05) is 5.32 Å². The lowest BCUT2D eigenvalue weighted by Gasteiger charge is -2.15. The summed E-state index contributed by atoms with van der Waals surface area (Å²) in [6, 6.07) is 12.2. The highest BCUT2D eigenvalue weighted by Gasteiger charge is 2.21. The topological polar surface area (TPSA) is 109 Å². The Labute approximate surface area is 169 Å². The number of anilines is 1. The van der Waals surface area contributed by atoms with E-state index in [1.54, 1.807) is 30.3 Å². The fourth-order valence-electron chi connectivity index (χ4n) is 2.55. The number of carbonyl (C=O) groups excluding carboxylic acids is 2. The van der Waals surface area contributed by atoms with Gasteiger partial charge >= 0.3 is 0 Å². The van der Waals surface area contributed by atoms with E-state index in [1.165, 1.54) is 11.8 Å². The average molecular weight is 397 g/mol. The van der Waals surface area contributed by atoms with Gasteiger partial charge in [0.25, 0.3) is 0 Å². The maximum absolute atomic E-state index is 12.7. The number of carbonyl (C=O) groups is 2. The zero-order chi connectivity index (χ0) is 20.5. The predicted octanol–water partition coefficient (Wildman–Crippen LogP) is 3.90. The number of nitrogens with zero attached hydrogens (tertiary/aromatic N) is 2. The van der Waals surface area contributed by atoms with Gasteiger partial charge in [0.1, 0.15) is 11.1 Å². The summed E-state index contributed by atoms with van der Waals surface area (Å²) >= 11 is 1.30. The molecule has 0 aliphatic rings. The van der Waals surface area contributed by atoms with Crippen LogP contribution in [-0.4, -0.2) is 22.0 Å². The van der Waals surface area contributed by atoms with Crippen LogP contribution in [-0.2, 0) is 11.2 Å². The van der Waals surface area contributed by atoms with Gasteiger partial charge in [0, 0.05) is 16.9 Å². The smallest absolute Gasteiger partial charge is 0.248 e. The van der Waals surface area contributed by atoms with E-state index in [-0.39, 0.29) is 5.91 Å². The van der Waals surface area contributed by atoms with Crippen molar-refractivity contribution in [3.8, 4) is 6.07 Å². The van der Waals surface area contributed by atoms with Crippen molar-refractivity contribution in [2.24, 2.45) is 5.73 Å². The number of aromatic nitrogens is 1. The Morgan fingerprint density at radius 1 is 1.21 bits per heavy atom. The molecule has 0 spiro atoms. The molecule has 1 unspecified atom stereocenters. The molecular weight excluding hydrogens is 372 g/mol. The molecule has 0 saturated heterocycles. The van der Waals surface area contributed by atoms with Gasteiger partial charge in [0.15, 0.2) is 0 Å². The minimum atomic E-state index is -0.516. The fourth-order valence-corrected chi connectivity index (χ4v) is 3.56. The number of nitriles is 1. The Bertz CT molecular complexity index is 875. The predicted molar refractivity (Wildman–Crippen MR) is 111 cm³/mol. The van der Waals surface area contributed by atoms with E-state index in [4.69, 9.17) is 5.73 Å². The van der Waals surface area contributed by atoms with Crippen LogP contribution in [0.2, 0.25) is 0 Å². The van der Waals surface area contributed by atoms with Gasteiger partial charge in [-0.1, -0.05) is 32.0 Å². The van der Waals surface area contributed by atoms with Gasteiger partial charge < -0.3 is 11.1 Å². The highest BCUT2D eigenvalue weighted by molar-refractivity contribution is 8.00. The van der Waals surface area contributed by atoms with E-state index < -0.39 is 11.2 Å². The van der Waals surface area contributed by atoms with E-state index in [9.17, 15) is 14.9 Å². The third-order valence-electron chi connectivity index (χ3n) is 4.18. The summed E-state index contributed by atoms with van der Waals surface area (Å²) in [5, 5.41) is 12.4. The molecule has 7 heteroatoms. The third kappa shape index (κ3) is 5.83. The molecule has 6 nitrogen and oxygen atoms in total. The second-order valence-electron chi connectivity index (χ2n) is 6.32. The van der Waals surface area contributed by atoms with E-state index in [1.807, 2.05) is 13.0 Å². The average Bonchev–Trinajstić information content (AvgIpc) is 2.70. The Hall–Kier alpha value is -2.85. The summed E-state index contributed by atoms with van der Waals surface area (Å²) in [6.45, 7) is 4.03. The summed E-state index contributed by atoms with van der Waals surface area (Å²) in [7, 11) is 0.